The predicted molar refractivity (Wildman–Crippen MR) is 85.1 cm³/mol. The van der Waals surface area contributed by atoms with Crippen molar-refractivity contribution in [1.82, 2.24) is 0 Å². The van der Waals surface area contributed by atoms with Gasteiger partial charge in [0.15, 0.2) is 0 Å². The average Bonchev–Trinajstić information content (AvgIpc) is 2.27. The minimum absolute atomic E-state index is 0.509. The summed E-state index contributed by atoms with van der Waals surface area (Å²) in [6.45, 7) is 8.36. The Morgan fingerprint density at radius 1 is 1.39 bits per heavy atom. The van der Waals surface area contributed by atoms with Crippen molar-refractivity contribution in [3.05, 3.63) is 23.8 Å². The van der Waals surface area contributed by atoms with E-state index in [0.29, 0.717) is 6.73 Å². The highest BCUT2D eigenvalue weighted by Gasteiger charge is 2.11. The van der Waals surface area contributed by atoms with Crippen molar-refractivity contribution in [1.29, 1.82) is 5.41 Å². The lowest BCUT2D eigenvalue weighted by Crippen LogP contribution is -2.22. The maximum absolute atomic E-state index is 7.42. The first-order chi connectivity index (χ1) is 8.44. The molecule has 0 spiro atoms. The number of hydrogen-bond acceptors (Lipinski definition) is 3. The molecule has 0 saturated carbocycles. The van der Waals surface area contributed by atoms with E-state index in [4.69, 9.17) is 10.1 Å². The Morgan fingerprint density at radius 2 is 2.11 bits per heavy atom. The van der Waals surface area contributed by atoms with Crippen LogP contribution in [0.15, 0.2) is 18.2 Å². The van der Waals surface area contributed by atoms with Gasteiger partial charge in [-0.15, -0.1) is 0 Å². The minimum atomic E-state index is -1.00. The van der Waals surface area contributed by atoms with Gasteiger partial charge in [-0.1, -0.05) is 37.2 Å². The van der Waals surface area contributed by atoms with E-state index in [1.807, 2.05) is 26.0 Å². The Kier molecular flexibility index (Phi) is 5.63. The highest BCUT2D eigenvalue weighted by molar-refractivity contribution is 6.76. The smallest absolute Gasteiger partial charge is 0.140 e. The summed E-state index contributed by atoms with van der Waals surface area (Å²) in [4.78, 5) is 0. The maximum Gasteiger partial charge on any atom is 0.140 e. The van der Waals surface area contributed by atoms with Crippen LogP contribution in [-0.2, 0) is 4.74 Å². The van der Waals surface area contributed by atoms with Gasteiger partial charge in [-0.3, -0.25) is 0 Å². The molecule has 1 aromatic rings. The third kappa shape index (κ3) is 5.06. The Labute approximate surface area is 112 Å². The van der Waals surface area contributed by atoms with Crippen LogP contribution in [0.25, 0.3) is 0 Å². The number of anilines is 1. The van der Waals surface area contributed by atoms with Crippen molar-refractivity contribution in [2.45, 2.75) is 25.7 Å². The molecular formula is C13H23BN2OSi. The van der Waals surface area contributed by atoms with E-state index in [1.165, 1.54) is 12.3 Å². The number of nitrogens with one attached hydrogen (secondary N) is 2. The van der Waals surface area contributed by atoms with Gasteiger partial charge in [0.2, 0.25) is 0 Å². The Balaban J connectivity index is 2.40. The quantitative estimate of drug-likeness (QED) is 0.340. The SMILES string of the molecule is Bc1cccc(NCOCC[Si](C)(C)C)c1C=N. The largest absolute Gasteiger partial charge is 0.362 e. The highest BCUT2D eigenvalue weighted by atomic mass is 28.3. The van der Waals surface area contributed by atoms with Gasteiger partial charge in [0.1, 0.15) is 14.6 Å². The molecule has 18 heavy (non-hydrogen) atoms. The van der Waals surface area contributed by atoms with Gasteiger partial charge in [-0.25, -0.2) is 0 Å². The van der Waals surface area contributed by atoms with Crippen molar-refractivity contribution in [3.63, 3.8) is 0 Å². The summed E-state index contributed by atoms with van der Waals surface area (Å²) in [6, 6.07) is 7.17. The van der Waals surface area contributed by atoms with Crippen LogP contribution in [0.4, 0.5) is 5.69 Å². The molecule has 3 nitrogen and oxygen atoms in total. The monoisotopic (exact) mass is 262 g/mol. The summed E-state index contributed by atoms with van der Waals surface area (Å²) < 4.78 is 5.60. The Hall–Kier alpha value is -1.07. The molecule has 1 aromatic carbocycles. The lowest BCUT2D eigenvalue weighted by Gasteiger charge is -2.16. The van der Waals surface area contributed by atoms with E-state index in [2.05, 4.69) is 25.0 Å². The molecule has 0 aliphatic carbocycles. The summed E-state index contributed by atoms with van der Waals surface area (Å²) in [5.41, 5.74) is 3.02. The topological polar surface area (TPSA) is 45.1 Å². The second kappa shape index (κ2) is 6.75. The van der Waals surface area contributed by atoms with Crippen molar-refractivity contribution in [2.75, 3.05) is 18.7 Å². The van der Waals surface area contributed by atoms with Gasteiger partial charge < -0.3 is 15.5 Å². The fraction of sp³-hybridized carbons (Fsp3) is 0.462. The molecule has 0 heterocycles. The van der Waals surface area contributed by atoms with Crippen LogP contribution in [0.1, 0.15) is 5.56 Å². The van der Waals surface area contributed by atoms with Gasteiger partial charge in [0, 0.05) is 32.1 Å². The van der Waals surface area contributed by atoms with Gasteiger partial charge in [-0.2, -0.15) is 0 Å². The van der Waals surface area contributed by atoms with Crippen LogP contribution in [-0.4, -0.2) is 35.5 Å². The first kappa shape index (κ1) is 15.0. The van der Waals surface area contributed by atoms with Gasteiger partial charge >= 0.3 is 0 Å². The molecule has 1 rings (SSSR count). The van der Waals surface area contributed by atoms with E-state index < -0.39 is 8.07 Å². The molecule has 0 bridgehead atoms. The minimum Gasteiger partial charge on any atom is -0.362 e. The zero-order valence-electron chi connectivity index (χ0n) is 11.8. The molecule has 0 unspecified atom stereocenters. The molecule has 0 aliphatic rings. The standard InChI is InChI=1S/C13H23BN2OSi/c1-18(2,3)8-7-17-10-16-13-6-4-5-12(14)11(13)9-15/h4-6,9,15-16H,7-8,10,14H2,1-3H3. The molecular weight excluding hydrogens is 239 g/mol. The molecule has 0 atom stereocenters. The van der Waals surface area contributed by atoms with Crippen LogP contribution >= 0.6 is 0 Å². The van der Waals surface area contributed by atoms with E-state index in [-0.39, 0.29) is 0 Å². The molecule has 5 heteroatoms. The van der Waals surface area contributed by atoms with E-state index >= 15 is 0 Å². The first-order valence-electron chi connectivity index (χ1n) is 6.36. The van der Waals surface area contributed by atoms with Gasteiger partial charge in [-0.05, 0) is 12.1 Å². The van der Waals surface area contributed by atoms with E-state index in [1.54, 1.807) is 0 Å². The highest BCUT2D eigenvalue weighted by Crippen LogP contribution is 2.11. The van der Waals surface area contributed by atoms with Crippen LogP contribution in [0.2, 0.25) is 25.7 Å². The zero-order valence-corrected chi connectivity index (χ0v) is 12.8. The number of rotatable bonds is 7. The summed E-state index contributed by atoms with van der Waals surface area (Å²) in [5.74, 6) is 0. The van der Waals surface area contributed by atoms with Crippen molar-refractivity contribution in [3.8, 4) is 0 Å². The van der Waals surface area contributed by atoms with Crippen LogP contribution in [0, 0.1) is 5.41 Å². The van der Waals surface area contributed by atoms with Crippen molar-refractivity contribution in [2.24, 2.45) is 0 Å². The lowest BCUT2D eigenvalue weighted by atomic mass is 9.90. The van der Waals surface area contributed by atoms with Crippen LogP contribution in [0.5, 0.6) is 0 Å². The molecule has 0 radical (unpaired) electrons. The fourth-order valence-electron chi connectivity index (χ4n) is 1.61. The second-order valence-electron chi connectivity index (χ2n) is 5.72. The predicted octanol–water partition coefficient (Wildman–Crippen LogP) is 1.67. The number of hydrogen-bond donors (Lipinski definition) is 2. The molecule has 0 aromatic heterocycles. The average molecular weight is 262 g/mol. The molecule has 0 aliphatic heterocycles. The third-order valence-electron chi connectivity index (χ3n) is 2.83. The van der Waals surface area contributed by atoms with E-state index in [9.17, 15) is 0 Å². The summed E-state index contributed by atoms with van der Waals surface area (Å²) in [7, 11) is 1.01. The van der Waals surface area contributed by atoms with Crippen LogP contribution < -0.4 is 10.8 Å². The van der Waals surface area contributed by atoms with E-state index in [0.717, 1.165) is 23.3 Å². The number of ether oxygens (including phenoxy) is 1. The molecule has 2 N–H and O–H groups in total. The molecule has 0 amide bonds. The van der Waals surface area contributed by atoms with Crippen molar-refractivity contribution >= 4 is 33.3 Å². The summed E-state index contributed by atoms with van der Waals surface area (Å²) >= 11 is 0. The first-order valence-corrected chi connectivity index (χ1v) is 10.1. The van der Waals surface area contributed by atoms with Crippen LogP contribution in [0.3, 0.4) is 0 Å². The van der Waals surface area contributed by atoms with Gasteiger partial charge in [0.05, 0.1) is 0 Å². The zero-order chi connectivity index (χ0) is 13.6. The normalized spacial score (nSPS) is 11.3. The lowest BCUT2D eigenvalue weighted by molar-refractivity contribution is 0.166. The third-order valence-corrected chi connectivity index (χ3v) is 4.53. The Bertz CT molecular complexity index is 404. The second-order valence-corrected chi connectivity index (χ2v) is 11.3. The molecule has 0 saturated heterocycles. The maximum atomic E-state index is 7.42. The molecule has 98 valence electrons. The Morgan fingerprint density at radius 3 is 2.72 bits per heavy atom. The van der Waals surface area contributed by atoms with Gasteiger partial charge in [0.25, 0.3) is 0 Å². The fourth-order valence-corrected chi connectivity index (χ4v) is 2.36. The number of benzene rings is 1. The molecule has 0 fully saturated rings. The van der Waals surface area contributed by atoms with Crippen molar-refractivity contribution < 1.29 is 4.74 Å². The summed E-state index contributed by atoms with van der Waals surface area (Å²) in [5, 5.41) is 10.7. The summed E-state index contributed by atoms with van der Waals surface area (Å²) in [6.07, 6.45) is 1.39.